The summed E-state index contributed by atoms with van der Waals surface area (Å²) in [6.45, 7) is 2.26. The van der Waals surface area contributed by atoms with Crippen LogP contribution in [0.4, 0.5) is 0 Å². The molecule has 1 amide bonds. The third-order valence-corrected chi connectivity index (χ3v) is 4.89. The van der Waals surface area contributed by atoms with Crippen LogP contribution in [0.25, 0.3) is 0 Å². The second-order valence-electron chi connectivity index (χ2n) is 7.23. The number of hydrogen-bond donors (Lipinski definition) is 1. The zero-order valence-electron chi connectivity index (χ0n) is 16.7. The number of carbonyl (C=O) groups excluding carboxylic acids is 1. The number of rotatable bonds is 16. The summed E-state index contributed by atoms with van der Waals surface area (Å²) in [5, 5.41) is 0. The highest BCUT2D eigenvalue weighted by atomic mass is 16.1. The average molecular weight is 359 g/mol. The van der Waals surface area contributed by atoms with E-state index < -0.39 is 0 Å². The molecule has 0 saturated carbocycles. The molecule has 0 saturated heterocycles. The maximum absolute atomic E-state index is 11.6. The lowest BCUT2D eigenvalue weighted by Gasteiger charge is -2.12. The second-order valence-corrected chi connectivity index (χ2v) is 7.23. The Morgan fingerprint density at radius 1 is 0.962 bits per heavy atom. The number of carbonyl (C=O) groups is 1. The fourth-order valence-electron chi connectivity index (χ4n) is 3.26. The monoisotopic (exact) mass is 358 g/mol. The number of nitrogens with two attached hydrogens (primary N) is 1. The van der Waals surface area contributed by atoms with Crippen LogP contribution in [0.3, 0.4) is 0 Å². The van der Waals surface area contributed by atoms with Crippen molar-refractivity contribution in [3.63, 3.8) is 0 Å². The molecular weight excluding hydrogens is 320 g/mol. The van der Waals surface area contributed by atoms with Crippen LogP contribution in [0.1, 0.15) is 102 Å². The smallest absolute Gasteiger partial charge is 0.226 e. The quantitative estimate of drug-likeness (QED) is 0.278. The Morgan fingerprint density at radius 3 is 2.15 bits per heavy atom. The predicted molar refractivity (Wildman–Crippen MR) is 111 cm³/mol. The molecule has 0 radical (unpaired) electrons. The zero-order chi connectivity index (χ0) is 18.9. The van der Waals surface area contributed by atoms with Gasteiger partial charge in [-0.15, -0.1) is 0 Å². The molecule has 1 aromatic rings. The molecule has 3 nitrogen and oxygen atoms in total. The topological polar surface area (TPSA) is 56.0 Å². The number of allylic oxidation sites excluding steroid dienone is 2. The molecule has 0 spiro atoms. The Kier molecular flexibility index (Phi) is 13.4. The highest BCUT2D eigenvalue weighted by Crippen LogP contribution is 2.20. The van der Waals surface area contributed by atoms with Crippen LogP contribution in [0, 0.1) is 0 Å². The van der Waals surface area contributed by atoms with Crippen molar-refractivity contribution in [3.8, 4) is 0 Å². The van der Waals surface area contributed by atoms with E-state index in [2.05, 4.69) is 24.1 Å². The number of aromatic nitrogens is 1. The lowest BCUT2D eigenvalue weighted by Crippen LogP contribution is -2.22. The Bertz CT molecular complexity index is 484. The lowest BCUT2D eigenvalue weighted by molar-refractivity contribution is -0.119. The molecule has 0 fully saturated rings. The second kappa shape index (κ2) is 15.6. The third kappa shape index (κ3) is 11.1. The summed E-state index contributed by atoms with van der Waals surface area (Å²) in [5.41, 5.74) is 6.34. The number of unbranched alkanes of at least 4 members (excludes halogenated alkanes) is 10. The van der Waals surface area contributed by atoms with Gasteiger partial charge in [-0.2, -0.15) is 0 Å². The van der Waals surface area contributed by atoms with Gasteiger partial charge >= 0.3 is 0 Å². The SMILES string of the molecule is CCCCCCCC/C=C\CCCCCCC(C(N)=O)c1ccccn1. The van der Waals surface area contributed by atoms with Crippen molar-refractivity contribution in [1.82, 2.24) is 4.98 Å². The predicted octanol–water partition coefficient (Wildman–Crippen LogP) is 6.30. The van der Waals surface area contributed by atoms with Gasteiger partial charge in [-0.05, 0) is 44.2 Å². The molecule has 2 N–H and O–H groups in total. The standard InChI is InChI=1S/C23H38N2O/c1-2-3-4-5-6-7-8-9-10-11-12-13-14-15-18-21(23(24)26)22-19-16-17-20-25-22/h9-10,16-17,19-21H,2-8,11-15,18H2,1H3,(H2,24,26)/b10-9-. The molecule has 0 aliphatic rings. The number of hydrogen-bond acceptors (Lipinski definition) is 2. The summed E-state index contributed by atoms with van der Waals surface area (Å²) < 4.78 is 0. The van der Waals surface area contributed by atoms with Gasteiger partial charge in [0.1, 0.15) is 0 Å². The van der Waals surface area contributed by atoms with Crippen LogP contribution in [0.5, 0.6) is 0 Å². The molecule has 146 valence electrons. The van der Waals surface area contributed by atoms with E-state index in [0.717, 1.165) is 25.0 Å². The van der Waals surface area contributed by atoms with E-state index >= 15 is 0 Å². The minimum Gasteiger partial charge on any atom is -0.369 e. The summed E-state index contributed by atoms with van der Waals surface area (Å²) >= 11 is 0. The average Bonchev–Trinajstić information content (AvgIpc) is 2.65. The first-order valence-electron chi connectivity index (χ1n) is 10.6. The van der Waals surface area contributed by atoms with Gasteiger partial charge in [-0.25, -0.2) is 0 Å². The zero-order valence-corrected chi connectivity index (χ0v) is 16.7. The number of amides is 1. The summed E-state index contributed by atoms with van der Waals surface area (Å²) in [5.74, 6) is -0.505. The van der Waals surface area contributed by atoms with Gasteiger partial charge in [0.05, 0.1) is 11.6 Å². The summed E-state index contributed by atoms with van der Waals surface area (Å²) in [6, 6.07) is 5.67. The van der Waals surface area contributed by atoms with Crippen LogP contribution >= 0.6 is 0 Å². The van der Waals surface area contributed by atoms with Crippen molar-refractivity contribution in [2.75, 3.05) is 0 Å². The highest BCUT2D eigenvalue weighted by molar-refractivity contribution is 5.81. The molecule has 26 heavy (non-hydrogen) atoms. The van der Waals surface area contributed by atoms with Crippen molar-refractivity contribution < 1.29 is 4.79 Å². The molecule has 0 aromatic carbocycles. The minimum atomic E-state index is -0.263. The highest BCUT2D eigenvalue weighted by Gasteiger charge is 2.18. The molecular formula is C23H38N2O. The van der Waals surface area contributed by atoms with Crippen LogP contribution in [0.15, 0.2) is 36.5 Å². The van der Waals surface area contributed by atoms with Gasteiger partial charge in [0.25, 0.3) is 0 Å². The number of pyridine rings is 1. The van der Waals surface area contributed by atoms with Crippen molar-refractivity contribution in [2.45, 2.75) is 96.3 Å². The first-order valence-corrected chi connectivity index (χ1v) is 10.6. The fraction of sp³-hybridized carbons (Fsp3) is 0.652. The third-order valence-electron chi connectivity index (χ3n) is 4.89. The van der Waals surface area contributed by atoms with E-state index in [1.165, 1.54) is 64.2 Å². The molecule has 0 aliphatic carbocycles. The molecule has 1 aromatic heterocycles. The van der Waals surface area contributed by atoms with Gasteiger partial charge in [0.2, 0.25) is 5.91 Å². The summed E-state index contributed by atoms with van der Waals surface area (Å²) in [6.07, 6.45) is 22.5. The maximum atomic E-state index is 11.6. The first kappa shape index (κ1) is 22.4. The summed E-state index contributed by atoms with van der Waals surface area (Å²) in [7, 11) is 0. The summed E-state index contributed by atoms with van der Waals surface area (Å²) in [4.78, 5) is 15.9. The first-order chi connectivity index (χ1) is 12.8. The van der Waals surface area contributed by atoms with Crippen LogP contribution in [-0.4, -0.2) is 10.9 Å². The molecule has 0 aliphatic heterocycles. The van der Waals surface area contributed by atoms with Crippen molar-refractivity contribution >= 4 is 5.91 Å². The van der Waals surface area contributed by atoms with Gasteiger partial charge in [-0.1, -0.05) is 76.5 Å². The van der Waals surface area contributed by atoms with E-state index in [1.54, 1.807) is 6.20 Å². The van der Waals surface area contributed by atoms with E-state index in [1.807, 2.05) is 18.2 Å². The number of nitrogens with zero attached hydrogens (tertiary/aromatic N) is 1. The van der Waals surface area contributed by atoms with Gasteiger partial charge in [-0.3, -0.25) is 9.78 Å². The van der Waals surface area contributed by atoms with Crippen LogP contribution < -0.4 is 5.73 Å². The van der Waals surface area contributed by atoms with Gasteiger partial charge < -0.3 is 5.73 Å². The molecule has 0 bridgehead atoms. The molecule has 1 unspecified atom stereocenters. The fourth-order valence-corrected chi connectivity index (χ4v) is 3.26. The molecule has 1 rings (SSSR count). The van der Waals surface area contributed by atoms with Crippen molar-refractivity contribution in [1.29, 1.82) is 0 Å². The Hall–Kier alpha value is -1.64. The van der Waals surface area contributed by atoms with E-state index in [0.29, 0.717) is 0 Å². The van der Waals surface area contributed by atoms with Crippen LogP contribution in [-0.2, 0) is 4.79 Å². The molecule has 1 heterocycles. The maximum Gasteiger partial charge on any atom is 0.226 e. The normalized spacial score (nSPS) is 12.5. The lowest BCUT2D eigenvalue weighted by atomic mass is 9.96. The Morgan fingerprint density at radius 2 is 1.58 bits per heavy atom. The Labute approximate surface area is 160 Å². The molecule has 1 atom stereocenters. The van der Waals surface area contributed by atoms with E-state index in [4.69, 9.17) is 5.73 Å². The van der Waals surface area contributed by atoms with Crippen molar-refractivity contribution in [3.05, 3.63) is 42.2 Å². The molecule has 3 heteroatoms. The van der Waals surface area contributed by atoms with E-state index in [-0.39, 0.29) is 11.8 Å². The van der Waals surface area contributed by atoms with Gasteiger partial charge in [0, 0.05) is 6.20 Å². The minimum absolute atomic E-state index is 0.242. The number of primary amides is 1. The van der Waals surface area contributed by atoms with E-state index in [9.17, 15) is 4.79 Å². The van der Waals surface area contributed by atoms with Crippen LogP contribution in [0.2, 0.25) is 0 Å². The largest absolute Gasteiger partial charge is 0.369 e. The van der Waals surface area contributed by atoms with Crippen molar-refractivity contribution in [2.24, 2.45) is 5.73 Å². The Balaban J connectivity index is 2.00. The van der Waals surface area contributed by atoms with Gasteiger partial charge in [0.15, 0.2) is 0 Å².